The van der Waals surface area contributed by atoms with Gasteiger partial charge in [-0.25, -0.2) is 17.1 Å². The van der Waals surface area contributed by atoms with Gasteiger partial charge in [0.25, 0.3) is 0 Å². The predicted molar refractivity (Wildman–Crippen MR) is 110 cm³/mol. The summed E-state index contributed by atoms with van der Waals surface area (Å²) in [5, 5.41) is 2.60. The van der Waals surface area contributed by atoms with Gasteiger partial charge in [-0.2, -0.15) is 0 Å². The lowest BCUT2D eigenvalue weighted by atomic mass is 10.1. The Morgan fingerprint density at radius 3 is 2.38 bits per heavy atom. The molecule has 1 aromatic carbocycles. The van der Waals surface area contributed by atoms with Crippen LogP contribution in [0.15, 0.2) is 24.3 Å². The molecule has 1 amide bonds. The van der Waals surface area contributed by atoms with Gasteiger partial charge < -0.3 is 15.1 Å². The van der Waals surface area contributed by atoms with Crippen molar-refractivity contribution in [3.05, 3.63) is 30.1 Å². The minimum atomic E-state index is -3.36. The van der Waals surface area contributed by atoms with Crippen molar-refractivity contribution in [1.82, 2.24) is 14.5 Å². The number of piperidine rings is 1. The van der Waals surface area contributed by atoms with Gasteiger partial charge in [0.2, 0.25) is 15.9 Å². The predicted octanol–water partition coefficient (Wildman–Crippen LogP) is 1.02. The highest BCUT2D eigenvalue weighted by molar-refractivity contribution is 7.89. The molecule has 3 fully saturated rings. The van der Waals surface area contributed by atoms with E-state index >= 15 is 0 Å². The van der Waals surface area contributed by atoms with Gasteiger partial charge in [0.1, 0.15) is 5.82 Å². The van der Waals surface area contributed by atoms with E-state index in [9.17, 15) is 17.6 Å². The topological polar surface area (TPSA) is 73.0 Å². The molecule has 0 aliphatic carbocycles. The number of anilines is 1. The lowest BCUT2D eigenvalue weighted by Crippen LogP contribution is -2.53. The summed E-state index contributed by atoms with van der Waals surface area (Å²) in [5.74, 6) is -0.301. The first-order chi connectivity index (χ1) is 14.0. The summed E-state index contributed by atoms with van der Waals surface area (Å²) in [6.07, 6.45) is 3.22. The zero-order valence-corrected chi connectivity index (χ0v) is 17.4. The Kier molecular flexibility index (Phi) is 6.08. The molecule has 2 unspecified atom stereocenters. The number of benzene rings is 1. The highest BCUT2D eigenvalue weighted by Crippen LogP contribution is 2.24. The molecule has 9 heteroatoms. The molecule has 0 spiro atoms. The van der Waals surface area contributed by atoms with E-state index in [1.165, 1.54) is 6.07 Å². The Morgan fingerprint density at radius 2 is 1.69 bits per heavy atom. The van der Waals surface area contributed by atoms with Crippen LogP contribution in [0.4, 0.5) is 10.1 Å². The number of para-hydroxylation sites is 1. The highest BCUT2D eigenvalue weighted by atomic mass is 32.2. The van der Waals surface area contributed by atoms with Gasteiger partial charge in [0.05, 0.1) is 17.0 Å². The second kappa shape index (κ2) is 8.57. The number of carbonyl (C=O) groups excluding carboxylic acids is 1. The zero-order chi connectivity index (χ0) is 20.4. The Morgan fingerprint density at radius 1 is 1.00 bits per heavy atom. The molecule has 2 atom stereocenters. The average molecular weight is 425 g/mol. The van der Waals surface area contributed by atoms with Gasteiger partial charge >= 0.3 is 0 Å². The third-order valence-electron chi connectivity index (χ3n) is 6.27. The van der Waals surface area contributed by atoms with Crippen LogP contribution in [0.25, 0.3) is 0 Å². The fourth-order valence-electron chi connectivity index (χ4n) is 4.54. The molecule has 1 N–H and O–H groups in total. The van der Waals surface area contributed by atoms with E-state index in [1.54, 1.807) is 27.4 Å². The quantitative estimate of drug-likeness (QED) is 0.781. The monoisotopic (exact) mass is 424 g/mol. The number of hydrogen-bond acceptors (Lipinski definition) is 5. The van der Waals surface area contributed by atoms with Crippen LogP contribution in [0.1, 0.15) is 25.7 Å². The van der Waals surface area contributed by atoms with Gasteiger partial charge in [-0.1, -0.05) is 18.6 Å². The van der Waals surface area contributed by atoms with Gasteiger partial charge in [-0.3, -0.25) is 4.79 Å². The second-order valence-corrected chi connectivity index (χ2v) is 10.3. The van der Waals surface area contributed by atoms with Crippen LogP contribution in [-0.4, -0.2) is 80.6 Å². The molecular weight excluding hydrogens is 395 g/mol. The standard InChI is InChI=1S/C20H29FN4O3S/c21-17-6-2-3-7-19(17)23-10-12-24(13-11-23)20(26)18-14-16(15-22-18)29(27,28)25-8-4-1-5-9-25/h2-3,6-7,16,18,22H,1,4-5,8-15H2. The van der Waals surface area contributed by atoms with E-state index in [2.05, 4.69) is 5.32 Å². The third-order valence-corrected chi connectivity index (χ3v) is 8.56. The molecule has 0 aromatic heterocycles. The SMILES string of the molecule is O=C(C1CC(S(=O)(=O)N2CCCCC2)CN1)N1CCN(c2ccccc2F)CC1. The zero-order valence-electron chi connectivity index (χ0n) is 16.6. The number of hydrogen-bond donors (Lipinski definition) is 1. The number of rotatable bonds is 4. The number of piperazine rings is 1. The van der Waals surface area contributed by atoms with Crippen LogP contribution in [0, 0.1) is 5.82 Å². The second-order valence-electron chi connectivity index (χ2n) is 8.09. The molecule has 3 aliphatic rings. The van der Waals surface area contributed by atoms with Crippen molar-refractivity contribution in [2.45, 2.75) is 37.0 Å². The van der Waals surface area contributed by atoms with Crippen LogP contribution in [0.2, 0.25) is 0 Å². The van der Waals surface area contributed by atoms with Gasteiger partial charge in [-0.05, 0) is 31.4 Å². The molecule has 160 valence electrons. The van der Waals surface area contributed by atoms with E-state index < -0.39 is 21.3 Å². The van der Waals surface area contributed by atoms with Gasteiger partial charge in [0.15, 0.2) is 0 Å². The first-order valence-electron chi connectivity index (χ1n) is 10.5. The number of nitrogens with zero attached hydrogens (tertiary/aromatic N) is 3. The number of nitrogens with one attached hydrogen (secondary N) is 1. The van der Waals surface area contributed by atoms with E-state index in [0.717, 1.165) is 19.3 Å². The van der Waals surface area contributed by atoms with E-state index in [1.807, 2.05) is 4.90 Å². The molecule has 3 heterocycles. The van der Waals surface area contributed by atoms with Crippen LogP contribution < -0.4 is 10.2 Å². The van der Waals surface area contributed by atoms with Crippen molar-refractivity contribution in [3.8, 4) is 0 Å². The first kappa shape index (κ1) is 20.6. The Labute approximate surface area is 171 Å². The van der Waals surface area contributed by atoms with Crippen molar-refractivity contribution in [1.29, 1.82) is 0 Å². The maximum atomic E-state index is 14.0. The lowest BCUT2D eigenvalue weighted by molar-refractivity contribution is -0.133. The van der Waals surface area contributed by atoms with Crippen molar-refractivity contribution >= 4 is 21.6 Å². The molecule has 3 saturated heterocycles. The summed E-state index contributed by atoms with van der Waals surface area (Å²) in [4.78, 5) is 16.6. The Balaban J connectivity index is 1.32. The smallest absolute Gasteiger partial charge is 0.239 e. The van der Waals surface area contributed by atoms with Crippen molar-refractivity contribution < 1.29 is 17.6 Å². The first-order valence-corrected chi connectivity index (χ1v) is 12.0. The normalized spacial score (nSPS) is 26.7. The molecule has 3 aliphatic heterocycles. The molecule has 0 saturated carbocycles. The molecule has 4 rings (SSSR count). The van der Waals surface area contributed by atoms with Crippen LogP contribution >= 0.6 is 0 Å². The number of amides is 1. The summed E-state index contributed by atoms with van der Waals surface area (Å²) >= 11 is 0. The van der Waals surface area contributed by atoms with Crippen LogP contribution in [-0.2, 0) is 14.8 Å². The highest BCUT2D eigenvalue weighted by Gasteiger charge is 2.41. The maximum Gasteiger partial charge on any atom is 0.239 e. The average Bonchev–Trinajstić information content (AvgIpc) is 3.26. The molecule has 29 heavy (non-hydrogen) atoms. The minimum absolute atomic E-state index is 0.0467. The van der Waals surface area contributed by atoms with Gasteiger partial charge in [0, 0.05) is 45.8 Å². The van der Waals surface area contributed by atoms with E-state index in [0.29, 0.717) is 57.9 Å². The molecule has 0 bridgehead atoms. The van der Waals surface area contributed by atoms with Gasteiger partial charge in [-0.15, -0.1) is 0 Å². The number of halogens is 1. The van der Waals surface area contributed by atoms with Crippen LogP contribution in [0.3, 0.4) is 0 Å². The fraction of sp³-hybridized carbons (Fsp3) is 0.650. The summed E-state index contributed by atoms with van der Waals surface area (Å²) in [6, 6.07) is 6.21. The van der Waals surface area contributed by atoms with E-state index in [4.69, 9.17) is 0 Å². The largest absolute Gasteiger partial charge is 0.366 e. The maximum absolute atomic E-state index is 14.0. The Hall–Kier alpha value is -1.71. The number of carbonyl (C=O) groups is 1. The Bertz CT molecular complexity index is 836. The molecular formula is C20H29FN4O3S. The van der Waals surface area contributed by atoms with Crippen LogP contribution in [0.5, 0.6) is 0 Å². The third kappa shape index (κ3) is 4.27. The summed E-state index contributed by atoms with van der Waals surface area (Å²) in [7, 11) is -3.36. The van der Waals surface area contributed by atoms with E-state index in [-0.39, 0.29) is 11.7 Å². The van der Waals surface area contributed by atoms with Crippen molar-refractivity contribution in [3.63, 3.8) is 0 Å². The van der Waals surface area contributed by atoms with Crippen molar-refractivity contribution in [2.24, 2.45) is 0 Å². The molecule has 7 nitrogen and oxygen atoms in total. The summed E-state index contributed by atoms with van der Waals surface area (Å²) in [6.45, 7) is 3.66. The summed E-state index contributed by atoms with van der Waals surface area (Å²) in [5.41, 5.74) is 0.561. The lowest BCUT2D eigenvalue weighted by Gasteiger charge is -2.37. The fourth-order valence-corrected chi connectivity index (χ4v) is 6.48. The molecule has 1 aromatic rings. The number of sulfonamides is 1. The summed E-state index contributed by atoms with van der Waals surface area (Å²) < 4.78 is 41.4. The van der Waals surface area contributed by atoms with Crippen molar-refractivity contribution in [2.75, 3.05) is 50.7 Å². The molecule has 0 radical (unpaired) electrons. The minimum Gasteiger partial charge on any atom is -0.366 e.